The molecule has 9 heteroatoms. The monoisotopic (exact) mass is 603 g/mol. The Bertz CT molecular complexity index is 1380. The summed E-state index contributed by atoms with van der Waals surface area (Å²) in [5, 5.41) is 7.04. The molecule has 0 saturated heterocycles. The molecule has 1 aliphatic rings. The van der Waals surface area contributed by atoms with Crippen LogP contribution in [0, 0.1) is 0 Å². The van der Waals surface area contributed by atoms with Crippen LogP contribution in [-0.2, 0) is 0 Å². The first-order valence-corrected chi connectivity index (χ1v) is 15.5. The number of urea groups is 1. The molecule has 0 aromatic heterocycles. The van der Waals surface area contributed by atoms with Gasteiger partial charge in [0.1, 0.15) is 5.75 Å². The van der Waals surface area contributed by atoms with E-state index >= 15 is 0 Å². The number of anilines is 2. The molecule has 3 aromatic carbocycles. The van der Waals surface area contributed by atoms with E-state index in [4.69, 9.17) is 14.3 Å². The minimum absolute atomic E-state index is 0.0941. The van der Waals surface area contributed by atoms with Gasteiger partial charge in [-0.1, -0.05) is 38.5 Å². The van der Waals surface area contributed by atoms with E-state index in [2.05, 4.69) is 31.8 Å². The number of carbonyl (C=O) groups excluding carboxylic acids is 2. The van der Waals surface area contributed by atoms with E-state index in [1.54, 1.807) is 42.5 Å². The molecule has 1 saturated carbocycles. The predicted octanol–water partition coefficient (Wildman–Crippen LogP) is 7.39. The summed E-state index contributed by atoms with van der Waals surface area (Å²) < 4.78 is 12.9. The third kappa shape index (κ3) is 7.82. The molecule has 0 aliphatic heterocycles. The van der Waals surface area contributed by atoms with E-state index in [1.807, 2.05) is 44.2 Å². The van der Waals surface area contributed by atoms with Crippen LogP contribution in [0.3, 0.4) is 0 Å². The van der Waals surface area contributed by atoms with Gasteiger partial charge in [-0.15, -0.1) is 5.06 Å². The van der Waals surface area contributed by atoms with Gasteiger partial charge in [0.2, 0.25) is 5.72 Å². The van der Waals surface area contributed by atoms with Crippen LogP contribution in [0.5, 0.6) is 17.2 Å². The predicted molar refractivity (Wildman–Crippen MR) is 174 cm³/mol. The normalized spacial score (nSPS) is 14.4. The largest absolute Gasteiger partial charge is 0.493 e. The molecule has 2 N–H and O–H groups in total. The van der Waals surface area contributed by atoms with Gasteiger partial charge in [-0.25, -0.2) is 4.79 Å². The molecule has 0 spiro atoms. The fourth-order valence-corrected chi connectivity index (χ4v) is 5.56. The first-order chi connectivity index (χ1) is 21.1. The average molecular weight is 604 g/mol. The van der Waals surface area contributed by atoms with Gasteiger partial charge in [-0.2, -0.15) is 0 Å². The number of rotatable bonds is 12. The van der Waals surface area contributed by atoms with Gasteiger partial charge >= 0.3 is 6.03 Å². The van der Waals surface area contributed by atoms with Gasteiger partial charge in [0, 0.05) is 36.2 Å². The summed E-state index contributed by atoms with van der Waals surface area (Å²) in [5.74, 6) is 1.07. The number of benzene rings is 3. The number of carbonyl (C=O) groups is 2. The Morgan fingerprint density at radius 3 is 2.14 bits per heavy atom. The Kier molecular flexibility index (Phi) is 10.8. The number of para-hydroxylation sites is 1. The molecule has 236 valence electrons. The highest BCUT2D eigenvalue weighted by molar-refractivity contribution is 6.05. The molecule has 0 bridgehead atoms. The van der Waals surface area contributed by atoms with E-state index in [1.165, 1.54) is 18.6 Å². The van der Waals surface area contributed by atoms with E-state index in [0.29, 0.717) is 32.9 Å². The number of hydrogen-bond acceptors (Lipinski definition) is 5. The Morgan fingerprint density at radius 1 is 0.886 bits per heavy atom. The first kappa shape index (κ1) is 32.7. The van der Waals surface area contributed by atoms with Crippen molar-refractivity contribution in [2.24, 2.45) is 0 Å². The summed E-state index contributed by atoms with van der Waals surface area (Å²) in [6.45, 7) is 4.06. The van der Waals surface area contributed by atoms with Crippen molar-refractivity contribution < 1.29 is 28.4 Å². The van der Waals surface area contributed by atoms with E-state index in [-0.39, 0.29) is 23.7 Å². The SMILES string of the molecule is CCC(CC)NC(=O)Nc1ccc(ON(C(=O)c2ccc(OC3([N+](C)(C)C)CCCCC3)cc2)c2ccccc2)c(OC)c1. The lowest BCUT2D eigenvalue weighted by Crippen LogP contribution is -2.61. The molecule has 1 aliphatic carbocycles. The van der Waals surface area contributed by atoms with Crippen molar-refractivity contribution in [1.29, 1.82) is 0 Å². The van der Waals surface area contributed by atoms with Gasteiger partial charge < -0.3 is 24.9 Å². The Morgan fingerprint density at radius 2 is 1.55 bits per heavy atom. The Hall–Kier alpha value is -4.24. The standard InChI is InChI=1S/C35H46N4O5/c1-7-27(8-2)36-34(41)37-28-19-22-31(32(25-28)42-6)44-38(29-15-11-9-12-16-29)33(40)26-17-20-30(21-18-26)43-35(39(3,4)5)23-13-10-14-24-35/h9,11-12,15-22,25,27H,7-8,10,13-14,23-24H2,1-6H3,(H-,36,37,41)/p+1. The zero-order chi connectivity index (χ0) is 31.7. The van der Waals surface area contributed by atoms with Gasteiger partial charge in [-0.3, -0.25) is 9.28 Å². The third-order valence-electron chi connectivity index (χ3n) is 8.37. The van der Waals surface area contributed by atoms with Crippen molar-refractivity contribution in [3.63, 3.8) is 0 Å². The maximum Gasteiger partial charge on any atom is 0.319 e. The maximum absolute atomic E-state index is 13.9. The molecule has 0 radical (unpaired) electrons. The third-order valence-corrected chi connectivity index (χ3v) is 8.37. The highest BCUT2D eigenvalue weighted by Crippen LogP contribution is 2.38. The topological polar surface area (TPSA) is 89.1 Å². The summed E-state index contributed by atoms with van der Waals surface area (Å²) in [6, 6.07) is 21.2. The molecule has 3 amide bonds. The van der Waals surface area contributed by atoms with Gasteiger partial charge in [0.05, 0.1) is 33.9 Å². The summed E-state index contributed by atoms with van der Waals surface area (Å²) >= 11 is 0. The molecule has 3 aromatic rings. The number of nitrogens with zero attached hydrogens (tertiary/aromatic N) is 2. The molecule has 0 unspecified atom stereocenters. The molecule has 4 rings (SSSR count). The van der Waals surface area contributed by atoms with Crippen molar-refractivity contribution in [2.75, 3.05) is 38.6 Å². The van der Waals surface area contributed by atoms with Gasteiger partial charge in [0.15, 0.2) is 11.5 Å². The minimum Gasteiger partial charge on any atom is -0.493 e. The van der Waals surface area contributed by atoms with Crippen LogP contribution in [0.15, 0.2) is 72.8 Å². The van der Waals surface area contributed by atoms with E-state index < -0.39 is 0 Å². The zero-order valence-corrected chi connectivity index (χ0v) is 26.9. The van der Waals surface area contributed by atoms with Crippen LogP contribution in [0.25, 0.3) is 0 Å². The highest BCUT2D eigenvalue weighted by atomic mass is 16.7. The molecule has 0 heterocycles. The van der Waals surface area contributed by atoms with Crippen LogP contribution >= 0.6 is 0 Å². The molecular weight excluding hydrogens is 556 g/mol. The van der Waals surface area contributed by atoms with Crippen LogP contribution in [0.2, 0.25) is 0 Å². The quantitative estimate of drug-likeness (QED) is 0.128. The van der Waals surface area contributed by atoms with Crippen LogP contribution in [0.1, 0.15) is 69.2 Å². The van der Waals surface area contributed by atoms with Crippen LogP contribution in [0.4, 0.5) is 16.2 Å². The molecule has 1 fully saturated rings. The van der Waals surface area contributed by atoms with E-state index in [0.717, 1.165) is 44.3 Å². The van der Waals surface area contributed by atoms with Gasteiger partial charge in [0.25, 0.3) is 5.91 Å². The molecule has 9 nitrogen and oxygen atoms in total. The second kappa shape index (κ2) is 14.5. The second-order valence-electron chi connectivity index (χ2n) is 12.1. The number of quaternary nitrogens is 1. The Labute approximate surface area is 261 Å². The highest BCUT2D eigenvalue weighted by Gasteiger charge is 2.46. The maximum atomic E-state index is 13.9. The number of methoxy groups -OCH3 is 1. The fraction of sp³-hybridized carbons (Fsp3) is 0.429. The summed E-state index contributed by atoms with van der Waals surface area (Å²) in [4.78, 5) is 32.6. The summed E-state index contributed by atoms with van der Waals surface area (Å²) in [6.07, 6.45) is 7.18. The minimum atomic E-state index is -0.351. The average Bonchev–Trinajstić information content (AvgIpc) is 3.03. The lowest BCUT2D eigenvalue weighted by molar-refractivity contribution is -0.947. The van der Waals surface area contributed by atoms with E-state index in [9.17, 15) is 9.59 Å². The van der Waals surface area contributed by atoms with Crippen molar-refractivity contribution in [1.82, 2.24) is 5.32 Å². The number of hydrogen-bond donors (Lipinski definition) is 2. The number of nitrogens with one attached hydrogen (secondary N) is 2. The first-order valence-electron chi connectivity index (χ1n) is 15.5. The number of amides is 3. The number of hydroxylamine groups is 1. The van der Waals surface area contributed by atoms with Crippen molar-refractivity contribution in [2.45, 2.75) is 70.6 Å². The lowest BCUT2D eigenvalue weighted by atomic mass is 9.89. The van der Waals surface area contributed by atoms with Crippen molar-refractivity contribution in [3.8, 4) is 17.2 Å². The lowest BCUT2D eigenvalue weighted by Gasteiger charge is -2.47. The fourth-order valence-electron chi connectivity index (χ4n) is 5.56. The molecular formula is C35H47N4O5+. The van der Waals surface area contributed by atoms with Crippen LogP contribution < -0.4 is 30.0 Å². The molecule has 0 atom stereocenters. The Balaban J connectivity index is 1.55. The number of ether oxygens (including phenoxy) is 2. The summed E-state index contributed by atoms with van der Waals surface area (Å²) in [5.41, 5.74) is 1.24. The van der Waals surface area contributed by atoms with Crippen molar-refractivity contribution >= 4 is 23.3 Å². The van der Waals surface area contributed by atoms with Crippen molar-refractivity contribution in [3.05, 3.63) is 78.4 Å². The smallest absolute Gasteiger partial charge is 0.319 e. The summed E-state index contributed by atoms with van der Waals surface area (Å²) in [7, 11) is 8.05. The second-order valence-corrected chi connectivity index (χ2v) is 12.1. The zero-order valence-electron chi connectivity index (χ0n) is 26.9. The van der Waals surface area contributed by atoms with Crippen LogP contribution in [-0.4, -0.2) is 56.4 Å². The van der Waals surface area contributed by atoms with Gasteiger partial charge in [-0.05, 0) is 74.2 Å². The molecule has 44 heavy (non-hydrogen) atoms.